The van der Waals surface area contributed by atoms with E-state index in [0.29, 0.717) is 28.2 Å². The highest BCUT2D eigenvalue weighted by Gasteiger charge is 2.23. The summed E-state index contributed by atoms with van der Waals surface area (Å²) >= 11 is 0. The Hall–Kier alpha value is -4.59. The number of nitrogens with one attached hydrogen (secondary N) is 2. The van der Waals surface area contributed by atoms with Crippen LogP contribution in [0.5, 0.6) is 5.75 Å². The zero-order chi connectivity index (χ0) is 25.4. The number of nitrogens with two attached hydrogens (primary N) is 1. The molecule has 2 amide bonds. The predicted octanol–water partition coefficient (Wildman–Crippen LogP) is 5.30. The Bertz CT molecular complexity index is 1220. The van der Waals surface area contributed by atoms with E-state index in [1.165, 1.54) is 25.1 Å². The summed E-state index contributed by atoms with van der Waals surface area (Å²) in [6.45, 7) is 3.26. The number of carbonyl (C=O) groups is 3. The number of hydrogen-bond donors (Lipinski definition) is 4. The number of ketones is 1. The average molecular weight is 474 g/mol. The van der Waals surface area contributed by atoms with Crippen LogP contribution < -0.4 is 16.4 Å². The molecular weight excluding hydrogens is 446 g/mol. The van der Waals surface area contributed by atoms with E-state index in [1.54, 1.807) is 73.7 Å². The van der Waals surface area contributed by atoms with E-state index >= 15 is 0 Å². The largest absolute Gasteiger partial charge is 0.508 e. The molecule has 0 bridgehead atoms. The van der Waals surface area contributed by atoms with Gasteiger partial charge in [0, 0.05) is 17.2 Å². The minimum absolute atomic E-state index is 0.0746. The molecule has 0 aromatic heterocycles. The summed E-state index contributed by atoms with van der Waals surface area (Å²) in [5.41, 5.74) is 8.43. The molecule has 3 aromatic rings. The fraction of sp³-hybridized carbons (Fsp3) is 0.148. The van der Waals surface area contributed by atoms with Gasteiger partial charge in [0.15, 0.2) is 5.78 Å². The number of benzene rings is 3. The van der Waals surface area contributed by atoms with Crippen LogP contribution in [-0.2, 0) is 9.53 Å². The summed E-state index contributed by atoms with van der Waals surface area (Å²) in [6, 6.07) is 19.6. The van der Waals surface area contributed by atoms with E-state index in [2.05, 4.69) is 10.6 Å². The van der Waals surface area contributed by atoms with Crippen molar-refractivity contribution in [1.82, 2.24) is 0 Å². The van der Waals surface area contributed by atoms with Gasteiger partial charge in [-0.05, 0) is 67.1 Å². The van der Waals surface area contributed by atoms with Crippen LogP contribution in [0.1, 0.15) is 35.9 Å². The maximum Gasteiger partial charge on any atom is 0.412 e. The molecule has 0 radical (unpaired) electrons. The molecule has 0 unspecified atom stereocenters. The topological polar surface area (TPSA) is 131 Å². The van der Waals surface area contributed by atoms with Crippen molar-refractivity contribution in [2.24, 2.45) is 5.92 Å². The maximum absolute atomic E-state index is 12.6. The lowest BCUT2D eigenvalue weighted by Gasteiger charge is -2.23. The lowest BCUT2D eigenvalue weighted by molar-refractivity contribution is -0.111. The third-order valence-corrected chi connectivity index (χ3v) is 5.24. The van der Waals surface area contributed by atoms with E-state index in [0.717, 1.165) is 0 Å². The molecule has 0 spiro atoms. The number of nitrogen functional groups attached to an aromatic ring is 1. The first-order valence-electron chi connectivity index (χ1n) is 10.9. The molecule has 8 heteroatoms. The molecule has 0 heterocycles. The number of phenols is 1. The number of Topliss-reactive ketones (excluding diaryl/α,β-unsaturated/α-hetero) is 1. The molecule has 0 saturated carbocycles. The molecule has 35 heavy (non-hydrogen) atoms. The van der Waals surface area contributed by atoms with Crippen molar-refractivity contribution in [2.45, 2.75) is 20.0 Å². The molecule has 2 atom stereocenters. The van der Waals surface area contributed by atoms with Crippen LogP contribution in [-0.4, -0.2) is 22.9 Å². The van der Waals surface area contributed by atoms with Crippen LogP contribution in [0.15, 0.2) is 84.9 Å². The summed E-state index contributed by atoms with van der Waals surface area (Å²) in [7, 11) is 0. The minimum atomic E-state index is -0.752. The highest BCUT2D eigenvalue weighted by molar-refractivity contribution is 6.01. The quantitative estimate of drug-likeness (QED) is 0.200. The van der Waals surface area contributed by atoms with Gasteiger partial charge in [-0.15, -0.1) is 0 Å². The van der Waals surface area contributed by atoms with Crippen LogP contribution >= 0.6 is 0 Å². The van der Waals surface area contributed by atoms with Crippen LogP contribution in [0.3, 0.4) is 0 Å². The Balaban J connectivity index is 1.72. The number of ether oxygens (including phenoxy) is 1. The second kappa shape index (κ2) is 11.5. The zero-order valence-electron chi connectivity index (χ0n) is 19.4. The Morgan fingerprint density at radius 2 is 1.60 bits per heavy atom. The smallest absolute Gasteiger partial charge is 0.412 e. The zero-order valence-corrected chi connectivity index (χ0v) is 19.4. The third kappa shape index (κ3) is 7.20. The first-order chi connectivity index (χ1) is 16.7. The van der Waals surface area contributed by atoms with Gasteiger partial charge in [-0.2, -0.15) is 0 Å². The van der Waals surface area contributed by atoms with Crippen LogP contribution in [0.4, 0.5) is 21.9 Å². The van der Waals surface area contributed by atoms with Gasteiger partial charge in [0.05, 0.1) is 11.4 Å². The Labute approximate surface area is 203 Å². The maximum atomic E-state index is 12.6. The number of aromatic hydroxyl groups is 1. The van der Waals surface area contributed by atoms with Gasteiger partial charge in [-0.3, -0.25) is 14.9 Å². The molecule has 0 saturated heterocycles. The number of phenolic OH excluding ortho intramolecular Hbond substituents is 1. The Morgan fingerprint density at radius 1 is 0.943 bits per heavy atom. The van der Waals surface area contributed by atoms with E-state index in [4.69, 9.17) is 10.5 Å². The highest BCUT2D eigenvalue weighted by Crippen LogP contribution is 2.29. The average Bonchev–Trinajstić information content (AvgIpc) is 2.83. The molecule has 0 aliphatic carbocycles. The van der Waals surface area contributed by atoms with Gasteiger partial charge in [0.2, 0.25) is 5.91 Å². The molecule has 8 nitrogen and oxygen atoms in total. The van der Waals surface area contributed by atoms with Gasteiger partial charge >= 0.3 is 6.09 Å². The van der Waals surface area contributed by atoms with Gasteiger partial charge in [0.25, 0.3) is 0 Å². The van der Waals surface area contributed by atoms with Crippen LogP contribution in [0.2, 0.25) is 0 Å². The highest BCUT2D eigenvalue weighted by atomic mass is 16.6. The van der Waals surface area contributed by atoms with Crippen molar-refractivity contribution >= 4 is 34.8 Å². The summed E-state index contributed by atoms with van der Waals surface area (Å²) in [5, 5.41) is 15.0. The van der Waals surface area contributed by atoms with Crippen molar-refractivity contribution in [3.63, 3.8) is 0 Å². The van der Waals surface area contributed by atoms with E-state index in [-0.39, 0.29) is 17.4 Å². The van der Waals surface area contributed by atoms with Crippen molar-refractivity contribution in [3.05, 3.63) is 96.1 Å². The fourth-order valence-corrected chi connectivity index (χ4v) is 3.32. The summed E-state index contributed by atoms with van der Waals surface area (Å²) in [5.74, 6) is -0.782. The second-order valence-corrected chi connectivity index (χ2v) is 7.97. The van der Waals surface area contributed by atoms with Crippen molar-refractivity contribution in [1.29, 1.82) is 0 Å². The monoisotopic (exact) mass is 473 g/mol. The number of rotatable bonds is 8. The molecule has 0 aliphatic rings. The van der Waals surface area contributed by atoms with Crippen LogP contribution in [0, 0.1) is 5.92 Å². The molecule has 3 aromatic carbocycles. The summed E-state index contributed by atoms with van der Waals surface area (Å²) in [4.78, 5) is 36.5. The Kier molecular flexibility index (Phi) is 8.24. The fourth-order valence-electron chi connectivity index (χ4n) is 3.32. The lowest BCUT2D eigenvalue weighted by atomic mass is 9.96. The van der Waals surface area contributed by atoms with E-state index < -0.39 is 18.1 Å². The third-order valence-electron chi connectivity index (χ3n) is 5.24. The first kappa shape index (κ1) is 25.0. The molecule has 180 valence electrons. The van der Waals surface area contributed by atoms with Crippen molar-refractivity contribution in [3.8, 4) is 5.75 Å². The molecule has 0 aliphatic heterocycles. The van der Waals surface area contributed by atoms with Crippen LogP contribution in [0.25, 0.3) is 0 Å². The molecule has 0 fully saturated rings. The van der Waals surface area contributed by atoms with Gasteiger partial charge in [-0.25, -0.2) is 4.79 Å². The molecular formula is C27H27N3O5. The second-order valence-electron chi connectivity index (χ2n) is 7.97. The minimum Gasteiger partial charge on any atom is -0.508 e. The van der Waals surface area contributed by atoms with Crippen molar-refractivity contribution < 1.29 is 24.2 Å². The van der Waals surface area contributed by atoms with E-state index in [1.807, 2.05) is 0 Å². The normalized spacial score (nSPS) is 12.5. The number of hydrogen-bond acceptors (Lipinski definition) is 6. The lowest BCUT2D eigenvalue weighted by Crippen LogP contribution is -2.21. The number of para-hydroxylation sites is 2. The standard InChI is InChI=1S/C27H27N3O5/c1-17(7-16-25(33)30-24-6-4-3-5-23(24)28)26(20-10-14-22(32)15-11-20)35-27(34)29-21-12-8-19(9-13-21)18(2)31/h3-17,26,32H,28H2,1-2H3,(H,29,34)(H,30,33)/b16-7+/t17-,26+/m1/s1. The first-order valence-corrected chi connectivity index (χ1v) is 10.9. The molecule has 3 rings (SSSR count). The summed E-state index contributed by atoms with van der Waals surface area (Å²) in [6.07, 6.45) is 1.52. The number of amides is 2. The van der Waals surface area contributed by atoms with Gasteiger partial charge < -0.3 is 20.9 Å². The number of carbonyl (C=O) groups excluding carboxylic acids is 3. The summed E-state index contributed by atoms with van der Waals surface area (Å²) < 4.78 is 5.69. The molecule has 5 N–H and O–H groups in total. The van der Waals surface area contributed by atoms with Gasteiger partial charge in [0.1, 0.15) is 11.9 Å². The number of anilines is 3. The predicted molar refractivity (Wildman–Crippen MR) is 135 cm³/mol. The Morgan fingerprint density at radius 3 is 2.23 bits per heavy atom. The van der Waals surface area contributed by atoms with Gasteiger partial charge in [-0.1, -0.05) is 37.3 Å². The SMILES string of the molecule is CC(=O)c1ccc(NC(=O)O[C@H](c2ccc(O)cc2)[C@H](C)/C=C/C(=O)Nc2ccccc2N)cc1. The van der Waals surface area contributed by atoms with Crippen molar-refractivity contribution in [2.75, 3.05) is 16.4 Å². The van der Waals surface area contributed by atoms with E-state index in [9.17, 15) is 19.5 Å².